The summed E-state index contributed by atoms with van der Waals surface area (Å²) in [5.74, 6) is -23.5. The molecule has 676 valence electrons. The van der Waals surface area contributed by atoms with E-state index in [4.69, 9.17) is 10.8 Å². The molecule has 2 heterocycles. The lowest BCUT2D eigenvalue weighted by molar-refractivity contribution is -0.143. The van der Waals surface area contributed by atoms with Crippen molar-refractivity contribution in [1.29, 1.82) is 0 Å². The van der Waals surface area contributed by atoms with Gasteiger partial charge in [0.2, 0.25) is 35.4 Å². The Kier molecular flexibility index (Phi) is 45.5. The van der Waals surface area contributed by atoms with E-state index in [1.807, 2.05) is 0 Å². The number of hydrogen-bond donors (Lipinski definition) is 30. The number of nitrogen functional groups attached to an aromatic ring is 1. The van der Waals surface area contributed by atoms with E-state index in [0.717, 1.165) is 0 Å². The van der Waals surface area contributed by atoms with Crippen LogP contribution in [0.3, 0.4) is 0 Å². The number of Topliss-reactive ketones (excluding diaryl/α,β-unsaturated/α-hetero) is 3. The number of amides is 7. The minimum Gasteiger partial charge on any atom is -0.481 e. The van der Waals surface area contributed by atoms with Crippen LogP contribution in [0.2, 0.25) is 0 Å². The number of aromatic nitrogens is 3. The molecule has 0 aliphatic rings. The number of thiol groups is 1. The number of fused-ring (bicyclic) bond motifs is 1. The molecule has 0 spiro atoms. The normalized spacial score (nSPS) is 16.4. The molecule has 47 heteroatoms. The summed E-state index contributed by atoms with van der Waals surface area (Å²) in [6, 6.07) is -0.813. The first-order valence-corrected chi connectivity index (χ1v) is 37.4. The third-order valence-electron chi connectivity index (χ3n) is 18.6. The van der Waals surface area contributed by atoms with Crippen LogP contribution in [0.4, 0.5) is 11.5 Å². The summed E-state index contributed by atoms with van der Waals surface area (Å²) < 4.78 is -1.55. The average molecular weight is 1730 g/mol. The average Bonchev–Trinajstić information content (AvgIpc) is 0.810. The second-order valence-corrected chi connectivity index (χ2v) is 29.7. The van der Waals surface area contributed by atoms with Crippen LogP contribution in [0.1, 0.15) is 139 Å². The number of nitrogens with two attached hydrogens (primary N) is 1. The lowest BCUT2D eigenvalue weighted by Gasteiger charge is -2.29. The van der Waals surface area contributed by atoms with Gasteiger partial charge in [-0.25, -0.2) is 14.6 Å². The SMILES string of the molecule is C.CC(C)(S)[C@@H](NC(=O)[C@H](CCC(=O)NC[C@H](O)[C@@H](O)[C@H](O)[C@H](O)CO)CC(=O)[C@@H](CCC(=O)O)NC(=O)[C@H](CCC(=O)NC[C@H](O)[C@@H](O)[C@H](O)[C@H](O)CO)CC(=O)[C@@H](CCC(=O)O)NC(=O)[C@H](CCC(=O)NC[C@H](O)[C@@H](O)[C@H](O)[C@H](O)CO)CC(=O)CC[C@@H](NC(=O)c1ccc(NCc2cnc3cc(N)[nH]c(=O)c3n2)cc1)C(=O)O)C(=O)O.[2HH].[2HH].[2HH].[2HH]. The highest BCUT2D eigenvalue weighted by atomic mass is 32.1. The molecule has 7 amide bonds. The third-order valence-corrected chi connectivity index (χ3v) is 18.9. The number of H-pyrrole nitrogens is 1. The number of carbonyl (C=O) groups excluding carboxylic acids is 10. The Morgan fingerprint density at radius 1 is 0.496 bits per heavy atom. The van der Waals surface area contributed by atoms with Crippen LogP contribution >= 0.6 is 12.6 Å². The molecule has 1 aromatic carbocycles. The molecule has 119 heavy (non-hydrogen) atoms. The zero-order chi connectivity index (χ0) is 89.2. The van der Waals surface area contributed by atoms with Crippen molar-refractivity contribution in [3.8, 4) is 0 Å². The molecule has 30 N–H and O–H groups in total. The molecule has 2 aromatic heterocycles. The van der Waals surface area contributed by atoms with E-state index >= 15 is 0 Å². The van der Waals surface area contributed by atoms with Gasteiger partial charge < -0.3 is 150 Å². The number of nitrogens with one attached hydrogen (secondary N) is 9. The maximum atomic E-state index is 14.8. The number of pyridine rings is 1. The number of carboxylic acids is 4. The zero-order valence-corrected chi connectivity index (χ0v) is 64.9. The van der Waals surface area contributed by atoms with Crippen molar-refractivity contribution in [1.82, 2.24) is 52.2 Å². The smallest absolute Gasteiger partial charge is 0.327 e. The number of aliphatic hydroxyl groups excluding tert-OH is 15. The molecule has 0 aliphatic heterocycles. The zero-order valence-electron chi connectivity index (χ0n) is 64.0. The fourth-order valence-electron chi connectivity index (χ4n) is 11.5. The highest BCUT2D eigenvalue weighted by molar-refractivity contribution is 7.81. The van der Waals surface area contributed by atoms with Crippen molar-refractivity contribution in [3.05, 3.63) is 58.1 Å². The number of aliphatic carboxylic acids is 4. The van der Waals surface area contributed by atoms with Gasteiger partial charge in [-0.1, -0.05) is 7.43 Å². The fourth-order valence-corrected chi connectivity index (χ4v) is 11.6. The van der Waals surface area contributed by atoms with Crippen molar-refractivity contribution < 1.29 is 170 Å². The van der Waals surface area contributed by atoms with Gasteiger partial charge in [0.15, 0.2) is 17.1 Å². The lowest BCUT2D eigenvalue weighted by Crippen LogP contribution is -2.53. The highest BCUT2D eigenvalue weighted by Gasteiger charge is 2.40. The molecule has 3 aromatic rings. The molecule has 0 saturated heterocycles. The van der Waals surface area contributed by atoms with Crippen LogP contribution in [0.5, 0.6) is 0 Å². The molecule has 0 fully saturated rings. The van der Waals surface area contributed by atoms with E-state index in [9.17, 15) is 164 Å². The van der Waals surface area contributed by atoms with E-state index < -0.39 is 344 Å². The Balaban J connectivity index is -0.0000288. The van der Waals surface area contributed by atoms with Crippen LogP contribution < -0.4 is 53.8 Å². The number of rotatable bonds is 58. The van der Waals surface area contributed by atoms with Crippen LogP contribution in [0.25, 0.3) is 11.0 Å². The first-order valence-electron chi connectivity index (χ1n) is 36.9. The summed E-state index contributed by atoms with van der Waals surface area (Å²) in [5.41, 5.74) is 6.02. The topological polar surface area (TPSA) is 804 Å². The summed E-state index contributed by atoms with van der Waals surface area (Å²) in [6.45, 7) is -3.26. The van der Waals surface area contributed by atoms with Gasteiger partial charge in [0.05, 0.1) is 74.2 Å². The number of carbonyl (C=O) groups is 14. The summed E-state index contributed by atoms with van der Waals surface area (Å²) >= 11 is 4.23. The molecule has 0 aliphatic carbocycles. The summed E-state index contributed by atoms with van der Waals surface area (Å²) in [6.07, 6.45) is -36.5. The standard InChI is InChI=1S/C71H106N12O34S.CH4.4H2/c1-71(2,118)63(70(116)117)83-67(112)34(7-16-53(98)77-27-46(92)59(105)62(108)49(95)30-86)21-43(89)39(13-18-55(101)102)80-66(111)33(6-15-52(97)76-26-45(91)58(104)61(107)48(94)29-85)20-42(88)38(12-17-54(99)100)79-65(110)32(5-14-51(96)75-25-44(90)57(103)60(106)47(93)28-84)19-37(87)10-11-40(69(114)115)81-64(109)31-3-8-35(9-4-31)73-23-36-24-74-41-22-50(72)82-68(113)56(41)78-36;;;;;/h3-4,8-9,22,24,32-34,38-40,44-49,57-63,73,84-86,90-95,103-108,118H,5-7,10-21,23,25-30H2,1-2H3,(H,75,96)(H,76,97)(H,77,98)(H,79,110)(H,80,111)(H,81,109)(H,83,112)(H,99,100)(H,101,102)(H,114,115)(H,116,117)(H3,72,82,113);1H4;4*1H/t32-,33-,34-,38-,39-,40-,44+,45+,46+,47-,48-,49-,57-,58-,59-,60-,61-,62-,63+;;;;;/m1...../s1/i;;4*1+1. The van der Waals surface area contributed by atoms with Crippen LogP contribution in [0, 0.1) is 17.8 Å². The first kappa shape index (κ1) is 105. The number of nitrogens with zero attached hydrogens (tertiary/aromatic N) is 2. The van der Waals surface area contributed by atoms with E-state index in [2.05, 4.69) is 70.1 Å². The number of hydrogen-bond acceptors (Lipinski definition) is 35. The predicted octanol–water partition coefficient (Wildman–Crippen LogP) is -8.20. The minimum atomic E-state index is -2.22. The van der Waals surface area contributed by atoms with Gasteiger partial charge in [-0.3, -0.25) is 67.3 Å². The van der Waals surface area contributed by atoms with Crippen molar-refractivity contribution in [2.24, 2.45) is 17.8 Å². The van der Waals surface area contributed by atoms with Crippen molar-refractivity contribution in [2.45, 2.75) is 226 Å². The van der Waals surface area contributed by atoms with Crippen molar-refractivity contribution in [2.75, 3.05) is 50.5 Å². The Hall–Kier alpha value is -9.96. The molecule has 0 saturated carbocycles. The lowest BCUT2D eigenvalue weighted by atomic mass is 9.88. The third kappa shape index (κ3) is 36.3. The maximum absolute atomic E-state index is 14.8. The van der Waals surface area contributed by atoms with Gasteiger partial charge in [-0.15, -0.1) is 0 Å². The van der Waals surface area contributed by atoms with Gasteiger partial charge in [-0.05, 0) is 76.6 Å². The monoisotopic (exact) mass is 1730 g/mol. The largest absolute Gasteiger partial charge is 0.481 e. The van der Waals surface area contributed by atoms with Crippen molar-refractivity contribution in [3.63, 3.8) is 0 Å². The number of aromatic amines is 1. The summed E-state index contributed by atoms with van der Waals surface area (Å²) in [7, 11) is 0. The second-order valence-electron chi connectivity index (χ2n) is 28.5. The van der Waals surface area contributed by atoms with Gasteiger partial charge in [0, 0.05) is 123 Å². The molecule has 46 nitrogen and oxygen atoms in total. The molecule has 0 radical (unpaired) electrons. The molecular weight excluding hydrogens is 1610 g/mol. The Morgan fingerprint density at radius 3 is 1.24 bits per heavy atom. The summed E-state index contributed by atoms with van der Waals surface area (Å²) in [4.78, 5) is 213. The number of benzene rings is 1. The van der Waals surface area contributed by atoms with Crippen LogP contribution in [-0.2, 0) is 68.9 Å². The summed E-state index contributed by atoms with van der Waals surface area (Å²) in [5, 5.41) is 208. The molecule has 0 unspecified atom stereocenters. The highest BCUT2D eigenvalue weighted by Crippen LogP contribution is 2.25. The van der Waals surface area contributed by atoms with Crippen molar-refractivity contribution >= 4 is 118 Å². The molecule has 19 atom stereocenters. The van der Waals surface area contributed by atoms with E-state index in [1.165, 1.54) is 50.4 Å². The predicted molar refractivity (Wildman–Crippen MR) is 421 cm³/mol. The Labute approximate surface area is 690 Å². The van der Waals surface area contributed by atoms with Gasteiger partial charge >= 0.3 is 23.9 Å². The van der Waals surface area contributed by atoms with Gasteiger partial charge in [-0.2, -0.15) is 12.6 Å². The van der Waals surface area contributed by atoms with E-state index in [0.29, 0.717) is 11.4 Å². The number of carboxylic acid groups (broad SMARTS) is 4. The first-order chi connectivity index (χ1) is 55.2. The minimum absolute atomic E-state index is 0. The Bertz CT molecular complexity index is 3980. The van der Waals surface area contributed by atoms with Crippen LogP contribution in [-0.4, -0.2) is 336 Å². The van der Waals surface area contributed by atoms with Crippen LogP contribution in [0.15, 0.2) is 41.3 Å². The van der Waals surface area contributed by atoms with E-state index in [1.54, 1.807) is 0 Å². The second kappa shape index (κ2) is 51.5. The molecular formula is C72H118N12O34S. The molecule has 3 rings (SSSR count). The maximum Gasteiger partial charge on any atom is 0.327 e. The fraction of sp³-hybridized carbons (Fsp3) is 0.625. The quantitative estimate of drug-likeness (QED) is 0.0233. The Morgan fingerprint density at radius 2 is 0.874 bits per heavy atom. The molecule has 0 bridgehead atoms. The van der Waals surface area contributed by atoms with E-state index in [-0.39, 0.29) is 42.1 Å². The van der Waals surface area contributed by atoms with Gasteiger partial charge in [0.25, 0.3) is 11.5 Å². The number of aliphatic hydroxyl groups is 15. The number of ketones is 3. The number of anilines is 2. The van der Waals surface area contributed by atoms with Gasteiger partial charge in [0.1, 0.15) is 78.6 Å².